The van der Waals surface area contributed by atoms with Gasteiger partial charge in [0.25, 0.3) is 0 Å². The van der Waals surface area contributed by atoms with Gasteiger partial charge in [-0.1, -0.05) is 25.1 Å². The van der Waals surface area contributed by atoms with Crippen LogP contribution in [0.2, 0.25) is 0 Å². The van der Waals surface area contributed by atoms with Gasteiger partial charge in [-0.15, -0.1) is 0 Å². The molecule has 1 saturated carbocycles. The largest absolute Gasteiger partial charge is 0.416 e. The molecule has 1 aromatic carbocycles. The van der Waals surface area contributed by atoms with E-state index in [1.54, 1.807) is 13.0 Å². The summed E-state index contributed by atoms with van der Waals surface area (Å²) in [5.41, 5.74) is 4.95. The molecule has 1 nitrogen and oxygen atoms in total. The number of hydrogen-bond acceptors (Lipinski definition) is 1. The van der Waals surface area contributed by atoms with Crippen LogP contribution in [0.4, 0.5) is 13.2 Å². The van der Waals surface area contributed by atoms with E-state index in [1.165, 1.54) is 12.1 Å². The molecule has 1 aromatic rings. The Labute approximate surface area is 86.1 Å². The molecule has 0 amide bonds. The summed E-state index contributed by atoms with van der Waals surface area (Å²) in [4.78, 5) is 0. The Morgan fingerprint density at radius 2 is 1.87 bits per heavy atom. The van der Waals surface area contributed by atoms with Gasteiger partial charge in [-0.3, -0.25) is 0 Å². The molecule has 15 heavy (non-hydrogen) atoms. The topological polar surface area (TPSA) is 26.0 Å². The molecule has 1 aliphatic rings. The Kier molecular flexibility index (Phi) is 2.08. The molecule has 0 aromatic heterocycles. The van der Waals surface area contributed by atoms with Crippen LogP contribution in [0.25, 0.3) is 0 Å². The molecule has 1 aliphatic carbocycles. The van der Waals surface area contributed by atoms with Gasteiger partial charge in [-0.25, -0.2) is 0 Å². The summed E-state index contributed by atoms with van der Waals surface area (Å²) in [5, 5.41) is 0. The van der Waals surface area contributed by atoms with E-state index in [9.17, 15) is 13.2 Å². The van der Waals surface area contributed by atoms with E-state index in [2.05, 4.69) is 0 Å². The van der Waals surface area contributed by atoms with Crippen molar-refractivity contribution in [2.75, 3.05) is 0 Å². The normalized spacial score (nSPS) is 30.3. The third-order valence-electron chi connectivity index (χ3n) is 3.15. The van der Waals surface area contributed by atoms with E-state index in [1.807, 2.05) is 0 Å². The van der Waals surface area contributed by atoms with Crippen molar-refractivity contribution in [2.24, 2.45) is 5.73 Å². The summed E-state index contributed by atoms with van der Waals surface area (Å²) in [7, 11) is 0. The molecule has 0 spiro atoms. The van der Waals surface area contributed by atoms with Crippen molar-refractivity contribution in [3.05, 3.63) is 35.4 Å². The lowest BCUT2D eigenvalue weighted by molar-refractivity contribution is -0.138. The molecule has 0 aliphatic heterocycles. The van der Waals surface area contributed by atoms with Crippen LogP contribution in [0, 0.1) is 0 Å². The third-order valence-corrected chi connectivity index (χ3v) is 3.15. The first-order valence-corrected chi connectivity index (χ1v) is 4.78. The number of hydrogen-bond donors (Lipinski definition) is 1. The van der Waals surface area contributed by atoms with E-state index in [0.717, 1.165) is 6.07 Å². The number of halogens is 3. The third kappa shape index (κ3) is 1.63. The van der Waals surface area contributed by atoms with Crippen LogP contribution in [-0.4, -0.2) is 6.04 Å². The first-order chi connectivity index (χ1) is 6.86. The van der Waals surface area contributed by atoms with Crippen molar-refractivity contribution in [2.45, 2.75) is 31.0 Å². The van der Waals surface area contributed by atoms with E-state index in [4.69, 9.17) is 5.73 Å². The lowest BCUT2D eigenvalue weighted by atomic mass is 9.92. The number of benzene rings is 1. The predicted molar refractivity (Wildman–Crippen MR) is 51.4 cm³/mol. The summed E-state index contributed by atoms with van der Waals surface area (Å²) in [6.07, 6.45) is -3.66. The van der Waals surface area contributed by atoms with Gasteiger partial charge in [0.05, 0.1) is 5.56 Å². The summed E-state index contributed by atoms with van der Waals surface area (Å²) in [6.45, 7) is 1.78. The Morgan fingerprint density at radius 3 is 2.33 bits per heavy atom. The Hall–Kier alpha value is -1.03. The van der Waals surface area contributed by atoms with Gasteiger partial charge in [0.1, 0.15) is 0 Å². The fourth-order valence-electron chi connectivity index (χ4n) is 1.94. The lowest BCUT2D eigenvalue weighted by Gasteiger charge is -2.17. The SMILES string of the molecule is CC1(c2ccccc2C(F)(F)F)C[C@H]1N. The summed E-state index contributed by atoms with van der Waals surface area (Å²) < 4.78 is 38.1. The second kappa shape index (κ2) is 2.98. The minimum Gasteiger partial charge on any atom is -0.327 e. The molecule has 82 valence electrons. The second-order valence-corrected chi connectivity index (χ2v) is 4.27. The van der Waals surface area contributed by atoms with Crippen molar-refractivity contribution in [3.63, 3.8) is 0 Å². The standard InChI is InChI=1S/C11H12F3N/c1-10(6-9(10)15)7-4-2-3-5-8(7)11(12,13)14/h2-5,9H,6,15H2,1H3/t9-,10?/m1/s1. The van der Waals surface area contributed by atoms with Crippen LogP contribution in [0.3, 0.4) is 0 Å². The minimum atomic E-state index is -4.29. The summed E-state index contributed by atoms with van der Waals surface area (Å²) in [5.74, 6) is 0. The number of rotatable bonds is 1. The molecular formula is C11H12F3N. The number of alkyl halides is 3. The highest BCUT2D eigenvalue weighted by Gasteiger charge is 2.52. The molecule has 0 heterocycles. The maximum atomic E-state index is 12.7. The zero-order valence-electron chi connectivity index (χ0n) is 8.31. The van der Waals surface area contributed by atoms with Gasteiger partial charge in [-0.05, 0) is 18.1 Å². The number of nitrogens with two attached hydrogens (primary N) is 1. The van der Waals surface area contributed by atoms with Crippen molar-refractivity contribution in [1.82, 2.24) is 0 Å². The average molecular weight is 215 g/mol. The Bertz CT molecular complexity index is 386. The van der Waals surface area contributed by atoms with E-state index < -0.39 is 17.2 Å². The fourth-order valence-corrected chi connectivity index (χ4v) is 1.94. The Morgan fingerprint density at radius 1 is 1.33 bits per heavy atom. The Balaban J connectivity index is 2.49. The van der Waals surface area contributed by atoms with Crippen LogP contribution in [0.5, 0.6) is 0 Å². The quantitative estimate of drug-likeness (QED) is 0.765. The fraction of sp³-hybridized carbons (Fsp3) is 0.455. The van der Waals surface area contributed by atoms with Crippen LogP contribution < -0.4 is 5.73 Å². The van der Waals surface area contributed by atoms with Crippen LogP contribution in [0.15, 0.2) is 24.3 Å². The molecule has 0 saturated heterocycles. The molecular weight excluding hydrogens is 203 g/mol. The molecule has 2 atom stereocenters. The maximum Gasteiger partial charge on any atom is 0.416 e. The average Bonchev–Trinajstić information content (AvgIpc) is 2.75. The lowest BCUT2D eigenvalue weighted by Crippen LogP contribution is -2.19. The molecule has 2 rings (SSSR count). The summed E-state index contributed by atoms with van der Waals surface area (Å²) in [6, 6.07) is 5.52. The van der Waals surface area contributed by atoms with Gasteiger partial charge in [-0.2, -0.15) is 13.2 Å². The van der Waals surface area contributed by atoms with Gasteiger partial charge in [0.2, 0.25) is 0 Å². The van der Waals surface area contributed by atoms with E-state index >= 15 is 0 Å². The van der Waals surface area contributed by atoms with E-state index in [-0.39, 0.29) is 6.04 Å². The molecule has 4 heteroatoms. The van der Waals surface area contributed by atoms with Gasteiger partial charge in [0.15, 0.2) is 0 Å². The zero-order chi connectivity index (χ0) is 11.3. The molecule has 0 bridgehead atoms. The van der Waals surface area contributed by atoms with Crippen LogP contribution >= 0.6 is 0 Å². The highest BCUT2D eigenvalue weighted by Crippen LogP contribution is 2.50. The van der Waals surface area contributed by atoms with Crippen LogP contribution in [0.1, 0.15) is 24.5 Å². The minimum absolute atomic E-state index is 0.152. The van der Waals surface area contributed by atoms with E-state index in [0.29, 0.717) is 12.0 Å². The molecule has 1 unspecified atom stereocenters. The molecule has 1 fully saturated rings. The van der Waals surface area contributed by atoms with Gasteiger partial charge in [0, 0.05) is 11.5 Å². The highest BCUT2D eigenvalue weighted by molar-refractivity contribution is 5.42. The van der Waals surface area contributed by atoms with Crippen LogP contribution in [-0.2, 0) is 11.6 Å². The van der Waals surface area contributed by atoms with Crippen molar-refractivity contribution in [3.8, 4) is 0 Å². The first-order valence-electron chi connectivity index (χ1n) is 4.78. The first kappa shape index (κ1) is 10.5. The van der Waals surface area contributed by atoms with Crippen molar-refractivity contribution < 1.29 is 13.2 Å². The molecule has 0 radical (unpaired) electrons. The molecule has 2 N–H and O–H groups in total. The maximum absolute atomic E-state index is 12.7. The summed E-state index contributed by atoms with van der Waals surface area (Å²) >= 11 is 0. The van der Waals surface area contributed by atoms with Gasteiger partial charge < -0.3 is 5.73 Å². The predicted octanol–water partition coefficient (Wildman–Crippen LogP) is 2.69. The highest BCUT2D eigenvalue weighted by atomic mass is 19.4. The van der Waals surface area contributed by atoms with Crippen molar-refractivity contribution >= 4 is 0 Å². The van der Waals surface area contributed by atoms with Gasteiger partial charge >= 0.3 is 6.18 Å². The smallest absolute Gasteiger partial charge is 0.327 e. The van der Waals surface area contributed by atoms with Crippen molar-refractivity contribution in [1.29, 1.82) is 0 Å². The second-order valence-electron chi connectivity index (χ2n) is 4.27. The zero-order valence-corrected chi connectivity index (χ0v) is 8.31. The monoisotopic (exact) mass is 215 g/mol.